The van der Waals surface area contributed by atoms with Crippen molar-refractivity contribution in [1.82, 2.24) is 4.98 Å². The number of Topliss-reactive ketones (excluding diaryl/α,β-unsaturated/α-hetero) is 1. The Labute approximate surface area is 113 Å². The topological polar surface area (TPSA) is 113 Å². The molecule has 0 aliphatic heterocycles. The predicted molar refractivity (Wildman–Crippen MR) is 70.8 cm³/mol. The number of para-hydroxylation sites is 1. The molecule has 2 N–H and O–H groups in total. The number of carboxylic acid groups (broad SMARTS) is 1. The number of carbonyl (C=O) groups is 2. The third kappa shape index (κ3) is 2.66. The number of hydrogen-bond donors (Lipinski definition) is 2. The van der Waals surface area contributed by atoms with E-state index in [1.807, 2.05) is 0 Å². The molecule has 0 aliphatic rings. The third-order valence-corrected chi connectivity index (χ3v) is 2.99. The van der Waals surface area contributed by atoms with Gasteiger partial charge < -0.3 is 10.1 Å². The van der Waals surface area contributed by atoms with Crippen molar-refractivity contribution in [2.45, 2.75) is 19.3 Å². The summed E-state index contributed by atoms with van der Waals surface area (Å²) in [7, 11) is 0. The fourth-order valence-corrected chi connectivity index (χ4v) is 2.06. The van der Waals surface area contributed by atoms with Crippen LogP contribution in [0.15, 0.2) is 24.4 Å². The van der Waals surface area contributed by atoms with E-state index in [-0.39, 0.29) is 30.7 Å². The van der Waals surface area contributed by atoms with Crippen LogP contribution < -0.4 is 0 Å². The number of fused-ring (bicyclic) bond motifs is 1. The zero-order valence-electron chi connectivity index (χ0n) is 10.5. The number of nitro groups is 1. The first-order chi connectivity index (χ1) is 9.50. The normalized spacial score (nSPS) is 10.6. The molecule has 0 saturated heterocycles. The first-order valence-corrected chi connectivity index (χ1v) is 6.00. The summed E-state index contributed by atoms with van der Waals surface area (Å²) in [4.78, 5) is 35.5. The summed E-state index contributed by atoms with van der Waals surface area (Å²) >= 11 is 0. The monoisotopic (exact) mass is 276 g/mol. The van der Waals surface area contributed by atoms with E-state index in [0.29, 0.717) is 16.5 Å². The van der Waals surface area contributed by atoms with E-state index in [4.69, 9.17) is 5.11 Å². The molecule has 0 amide bonds. The van der Waals surface area contributed by atoms with Crippen LogP contribution in [0.1, 0.15) is 29.6 Å². The number of carboxylic acids is 1. The molecule has 0 radical (unpaired) electrons. The van der Waals surface area contributed by atoms with Gasteiger partial charge >= 0.3 is 5.97 Å². The Bertz CT molecular complexity index is 689. The van der Waals surface area contributed by atoms with Gasteiger partial charge in [0.25, 0.3) is 5.69 Å². The van der Waals surface area contributed by atoms with Gasteiger partial charge in [0, 0.05) is 36.1 Å². The number of aromatic nitrogens is 1. The van der Waals surface area contributed by atoms with Crippen LogP contribution in [0.2, 0.25) is 0 Å². The van der Waals surface area contributed by atoms with Crippen LogP contribution in [-0.4, -0.2) is 26.8 Å². The molecule has 1 aromatic heterocycles. The molecule has 20 heavy (non-hydrogen) atoms. The van der Waals surface area contributed by atoms with Gasteiger partial charge in [-0.3, -0.25) is 19.7 Å². The van der Waals surface area contributed by atoms with Gasteiger partial charge in [-0.05, 0) is 6.42 Å². The van der Waals surface area contributed by atoms with Crippen molar-refractivity contribution >= 4 is 28.3 Å². The van der Waals surface area contributed by atoms with Crippen LogP contribution in [0.25, 0.3) is 10.9 Å². The van der Waals surface area contributed by atoms with Crippen molar-refractivity contribution in [3.05, 3.63) is 40.1 Å². The average Bonchev–Trinajstić information content (AvgIpc) is 2.81. The first-order valence-electron chi connectivity index (χ1n) is 6.00. The highest BCUT2D eigenvalue weighted by molar-refractivity contribution is 6.09. The predicted octanol–water partition coefficient (Wildman–Crippen LogP) is 2.51. The molecule has 1 aromatic carbocycles. The van der Waals surface area contributed by atoms with Crippen molar-refractivity contribution in [2.24, 2.45) is 0 Å². The standard InChI is InChI=1S/C13H12N2O5/c16-11(5-2-6-12(17)18)9-7-14-13-8(9)3-1-4-10(13)15(19)20/h1,3-4,7,14H,2,5-6H2,(H,17,18). The number of hydrogen-bond acceptors (Lipinski definition) is 4. The van der Waals surface area contributed by atoms with Gasteiger partial charge in [0.2, 0.25) is 0 Å². The smallest absolute Gasteiger partial charge is 0.303 e. The number of H-pyrrole nitrogens is 1. The van der Waals surface area contributed by atoms with Gasteiger partial charge in [0.15, 0.2) is 5.78 Å². The number of nitro benzene ring substituents is 1. The molecular weight excluding hydrogens is 264 g/mol. The molecule has 2 aromatic rings. The lowest BCUT2D eigenvalue weighted by Crippen LogP contribution is -2.01. The first kappa shape index (κ1) is 13.7. The number of nitrogens with one attached hydrogen (secondary N) is 1. The van der Waals surface area contributed by atoms with Crippen LogP contribution in [-0.2, 0) is 4.79 Å². The summed E-state index contributed by atoms with van der Waals surface area (Å²) in [5.41, 5.74) is 0.570. The summed E-state index contributed by atoms with van der Waals surface area (Å²) < 4.78 is 0. The highest BCUT2D eigenvalue weighted by Crippen LogP contribution is 2.27. The van der Waals surface area contributed by atoms with E-state index in [1.165, 1.54) is 18.3 Å². The maximum atomic E-state index is 12.0. The Kier molecular flexibility index (Phi) is 3.79. The maximum Gasteiger partial charge on any atom is 0.303 e. The summed E-state index contributed by atoms with van der Waals surface area (Å²) in [5, 5.41) is 19.9. The minimum absolute atomic E-state index is 0.0752. The van der Waals surface area contributed by atoms with Crippen molar-refractivity contribution in [3.8, 4) is 0 Å². The van der Waals surface area contributed by atoms with Crippen LogP contribution in [0.5, 0.6) is 0 Å². The van der Waals surface area contributed by atoms with Crippen LogP contribution in [0.4, 0.5) is 5.69 Å². The van der Waals surface area contributed by atoms with Crippen molar-refractivity contribution in [2.75, 3.05) is 0 Å². The zero-order chi connectivity index (χ0) is 14.7. The third-order valence-electron chi connectivity index (χ3n) is 2.99. The fourth-order valence-electron chi connectivity index (χ4n) is 2.06. The van der Waals surface area contributed by atoms with Crippen LogP contribution in [0.3, 0.4) is 0 Å². The van der Waals surface area contributed by atoms with E-state index in [9.17, 15) is 19.7 Å². The molecular formula is C13H12N2O5. The number of benzene rings is 1. The Morgan fingerprint density at radius 2 is 2.05 bits per heavy atom. The Morgan fingerprint density at radius 1 is 1.30 bits per heavy atom. The minimum atomic E-state index is -0.952. The molecule has 0 atom stereocenters. The number of rotatable bonds is 6. The average molecular weight is 276 g/mol. The molecule has 0 saturated carbocycles. The molecule has 0 unspecified atom stereocenters. The van der Waals surface area contributed by atoms with Gasteiger partial charge in [0.1, 0.15) is 5.52 Å². The zero-order valence-corrected chi connectivity index (χ0v) is 10.5. The second-order valence-electron chi connectivity index (χ2n) is 4.33. The molecule has 0 bridgehead atoms. The van der Waals surface area contributed by atoms with Gasteiger partial charge in [-0.25, -0.2) is 0 Å². The number of aromatic amines is 1. The SMILES string of the molecule is O=C(O)CCCC(=O)c1c[nH]c2c([N+](=O)[O-])cccc12. The summed E-state index contributed by atoms with van der Waals surface area (Å²) in [6.45, 7) is 0. The lowest BCUT2D eigenvalue weighted by molar-refractivity contribution is -0.383. The van der Waals surface area contributed by atoms with Crippen molar-refractivity contribution in [3.63, 3.8) is 0 Å². The number of nitrogens with zero attached hydrogens (tertiary/aromatic N) is 1. The highest BCUT2D eigenvalue weighted by atomic mass is 16.6. The molecule has 0 fully saturated rings. The Hall–Kier alpha value is -2.70. The number of aliphatic carboxylic acids is 1. The summed E-state index contributed by atoms with van der Waals surface area (Å²) in [6, 6.07) is 4.50. The van der Waals surface area contributed by atoms with Crippen molar-refractivity contribution < 1.29 is 19.6 Å². The van der Waals surface area contributed by atoms with Crippen molar-refractivity contribution in [1.29, 1.82) is 0 Å². The Balaban J connectivity index is 2.27. The maximum absolute atomic E-state index is 12.0. The van der Waals surface area contributed by atoms with E-state index in [2.05, 4.69) is 4.98 Å². The van der Waals surface area contributed by atoms with Crippen LogP contribution in [0, 0.1) is 10.1 Å². The molecule has 0 spiro atoms. The second-order valence-corrected chi connectivity index (χ2v) is 4.33. The number of carbonyl (C=O) groups excluding carboxylic acids is 1. The molecule has 7 heteroatoms. The lowest BCUT2D eigenvalue weighted by atomic mass is 10.0. The van der Waals surface area contributed by atoms with E-state index in [0.717, 1.165) is 0 Å². The molecule has 2 rings (SSSR count). The molecule has 0 aliphatic carbocycles. The van der Waals surface area contributed by atoms with E-state index in [1.54, 1.807) is 6.07 Å². The van der Waals surface area contributed by atoms with Crippen LogP contribution >= 0.6 is 0 Å². The largest absolute Gasteiger partial charge is 0.481 e. The van der Waals surface area contributed by atoms with Gasteiger partial charge in [-0.2, -0.15) is 0 Å². The van der Waals surface area contributed by atoms with Gasteiger partial charge in [0.05, 0.1) is 4.92 Å². The molecule has 7 nitrogen and oxygen atoms in total. The highest BCUT2D eigenvalue weighted by Gasteiger charge is 2.18. The molecule has 1 heterocycles. The number of non-ortho nitro benzene ring substituents is 1. The summed E-state index contributed by atoms with van der Waals surface area (Å²) in [5.74, 6) is -1.18. The second kappa shape index (κ2) is 5.52. The summed E-state index contributed by atoms with van der Waals surface area (Å²) in [6.07, 6.45) is 1.70. The number of ketones is 1. The molecule has 104 valence electrons. The lowest BCUT2D eigenvalue weighted by Gasteiger charge is -1.98. The van der Waals surface area contributed by atoms with E-state index < -0.39 is 10.9 Å². The fraction of sp³-hybridized carbons (Fsp3) is 0.231. The van der Waals surface area contributed by atoms with Gasteiger partial charge in [-0.1, -0.05) is 12.1 Å². The quantitative estimate of drug-likeness (QED) is 0.478. The van der Waals surface area contributed by atoms with Gasteiger partial charge in [-0.15, -0.1) is 0 Å². The Morgan fingerprint density at radius 3 is 2.70 bits per heavy atom. The minimum Gasteiger partial charge on any atom is -0.481 e. The van der Waals surface area contributed by atoms with E-state index >= 15 is 0 Å².